The van der Waals surface area contributed by atoms with Gasteiger partial charge in [0.2, 0.25) is 11.1 Å². The second kappa shape index (κ2) is 10.1. The van der Waals surface area contributed by atoms with E-state index in [0.717, 1.165) is 41.9 Å². The maximum atomic E-state index is 12.6. The molecular formula is C23H32N6OS. The number of hydrogen-bond donors (Lipinski definition) is 0. The van der Waals surface area contributed by atoms with Gasteiger partial charge in [-0.05, 0) is 49.9 Å². The fourth-order valence-corrected chi connectivity index (χ4v) is 4.22. The number of amides is 1. The first-order chi connectivity index (χ1) is 14.8. The quantitative estimate of drug-likeness (QED) is 0.470. The molecule has 0 atom stereocenters. The first-order valence-electron chi connectivity index (χ1n) is 10.7. The van der Waals surface area contributed by atoms with E-state index in [4.69, 9.17) is 0 Å². The molecule has 166 valence electrons. The summed E-state index contributed by atoms with van der Waals surface area (Å²) >= 11 is 1.36. The molecule has 0 aliphatic heterocycles. The summed E-state index contributed by atoms with van der Waals surface area (Å²) < 4.78 is 1.81. The fraction of sp³-hybridized carbons (Fsp3) is 0.478. The molecule has 0 N–H and O–H groups in total. The van der Waals surface area contributed by atoms with Crippen LogP contribution >= 0.6 is 11.8 Å². The predicted octanol–water partition coefficient (Wildman–Crippen LogP) is 3.90. The SMILES string of the molecule is CCCCc1c(C)nc2nc(SCC(=O)N(C)Cc3ccc(N(C)C)cc3)nn2c1C. The van der Waals surface area contributed by atoms with Crippen LogP contribution in [0.25, 0.3) is 5.78 Å². The molecule has 0 spiro atoms. The molecule has 0 bridgehead atoms. The zero-order chi connectivity index (χ0) is 22.5. The molecule has 7 nitrogen and oxygen atoms in total. The standard InChI is InChI=1S/C23H32N6OS/c1-7-8-9-20-16(2)24-22-25-23(26-29(22)17(20)3)31-15-21(30)28(6)14-18-10-12-19(13-11-18)27(4)5/h10-13H,7-9,14-15H2,1-6H3. The largest absolute Gasteiger partial charge is 0.378 e. The van der Waals surface area contributed by atoms with Gasteiger partial charge >= 0.3 is 0 Å². The van der Waals surface area contributed by atoms with Crippen molar-refractivity contribution in [3.63, 3.8) is 0 Å². The Morgan fingerprint density at radius 2 is 1.81 bits per heavy atom. The molecule has 0 fully saturated rings. The van der Waals surface area contributed by atoms with E-state index in [2.05, 4.69) is 58.1 Å². The minimum absolute atomic E-state index is 0.0463. The van der Waals surface area contributed by atoms with E-state index in [1.54, 1.807) is 9.42 Å². The molecule has 2 heterocycles. The van der Waals surface area contributed by atoms with E-state index in [1.165, 1.54) is 17.3 Å². The van der Waals surface area contributed by atoms with E-state index in [0.29, 0.717) is 23.2 Å². The number of nitrogens with zero attached hydrogens (tertiary/aromatic N) is 6. The summed E-state index contributed by atoms with van der Waals surface area (Å²) in [6.45, 7) is 6.86. The summed E-state index contributed by atoms with van der Waals surface area (Å²) in [5.41, 5.74) is 5.58. The number of benzene rings is 1. The number of carbonyl (C=O) groups excluding carboxylic acids is 1. The molecule has 3 rings (SSSR count). The predicted molar refractivity (Wildman–Crippen MR) is 127 cm³/mol. The number of fused-ring (bicyclic) bond motifs is 1. The summed E-state index contributed by atoms with van der Waals surface area (Å²) in [6.07, 6.45) is 3.27. The molecule has 0 aliphatic carbocycles. The highest BCUT2D eigenvalue weighted by atomic mass is 32.2. The second-order valence-corrected chi connectivity index (χ2v) is 9.01. The highest BCUT2D eigenvalue weighted by molar-refractivity contribution is 7.99. The molecule has 0 radical (unpaired) electrons. The lowest BCUT2D eigenvalue weighted by Crippen LogP contribution is -2.27. The number of aryl methyl sites for hydroxylation is 2. The molecular weight excluding hydrogens is 408 g/mol. The molecule has 2 aromatic heterocycles. The van der Waals surface area contributed by atoms with Gasteiger partial charge in [-0.1, -0.05) is 37.2 Å². The molecule has 1 amide bonds. The van der Waals surface area contributed by atoms with Crippen molar-refractivity contribution >= 4 is 29.1 Å². The lowest BCUT2D eigenvalue weighted by molar-refractivity contribution is -0.127. The van der Waals surface area contributed by atoms with Gasteiger partial charge in [-0.2, -0.15) is 4.98 Å². The monoisotopic (exact) mass is 440 g/mol. The Balaban J connectivity index is 1.63. The van der Waals surface area contributed by atoms with E-state index in [9.17, 15) is 4.79 Å². The number of hydrogen-bond acceptors (Lipinski definition) is 6. The molecule has 3 aromatic rings. The van der Waals surface area contributed by atoms with Crippen molar-refractivity contribution in [1.82, 2.24) is 24.5 Å². The normalized spacial score (nSPS) is 11.2. The highest BCUT2D eigenvalue weighted by Crippen LogP contribution is 2.20. The van der Waals surface area contributed by atoms with Gasteiger partial charge in [0.25, 0.3) is 5.78 Å². The molecule has 0 saturated carbocycles. The third-order valence-electron chi connectivity index (χ3n) is 5.43. The molecule has 8 heteroatoms. The number of aromatic nitrogens is 4. The summed E-state index contributed by atoms with van der Waals surface area (Å²) in [5, 5.41) is 5.18. The van der Waals surface area contributed by atoms with Crippen LogP contribution in [0.5, 0.6) is 0 Å². The third kappa shape index (κ3) is 5.55. The minimum Gasteiger partial charge on any atom is -0.378 e. The van der Waals surface area contributed by atoms with Crippen molar-refractivity contribution in [2.75, 3.05) is 31.8 Å². The Kier molecular flexibility index (Phi) is 7.54. The smallest absolute Gasteiger partial charge is 0.253 e. The van der Waals surface area contributed by atoms with Gasteiger partial charge in [0.05, 0.1) is 5.75 Å². The summed E-state index contributed by atoms with van der Waals surface area (Å²) in [7, 11) is 5.86. The van der Waals surface area contributed by atoms with Crippen LogP contribution in [0.15, 0.2) is 29.4 Å². The van der Waals surface area contributed by atoms with Crippen molar-refractivity contribution < 1.29 is 4.79 Å². The lowest BCUT2D eigenvalue weighted by atomic mass is 10.1. The topological polar surface area (TPSA) is 66.6 Å². The van der Waals surface area contributed by atoms with Gasteiger partial charge in [-0.25, -0.2) is 9.50 Å². The zero-order valence-corrected chi connectivity index (χ0v) is 20.2. The Hall–Kier alpha value is -2.61. The Morgan fingerprint density at radius 3 is 2.45 bits per heavy atom. The number of thioether (sulfide) groups is 1. The van der Waals surface area contributed by atoms with Crippen molar-refractivity contribution in [2.45, 2.75) is 51.7 Å². The average molecular weight is 441 g/mol. The number of carbonyl (C=O) groups is 1. The van der Waals surface area contributed by atoms with Crippen molar-refractivity contribution in [3.8, 4) is 0 Å². The van der Waals surface area contributed by atoms with E-state index in [-0.39, 0.29) is 5.91 Å². The summed E-state index contributed by atoms with van der Waals surface area (Å²) in [5.74, 6) is 0.939. The fourth-order valence-electron chi connectivity index (χ4n) is 3.46. The van der Waals surface area contributed by atoms with E-state index >= 15 is 0 Å². The van der Waals surface area contributed by atoms with Gasteiger partial charge in [-0.15, -0.1) is 5.10 Å². The molecule has 0 aliphatic rings. The number of rotatable bonds is 9. The van der Waals surface area contributed by atoms with Crippen molar-refractivity contribution in [2.24, 2.45) is 0 Å². The van der Waals surface area contributed by atoms with Gasteiger partial charge < -0.3 is 9.80 Å². The van der Waals surface area contributed by atoms with Crippen LogP contribution in [0, 0.1) is 13.8 Å². The van der Waals surface area contributed by atoms with Crippen LogP contribution in [-0.4, -0.2) is 57.3 Å². The van der Waals surface area contributed by atoms with Crippen molar-refractivity contribution in [3.05, 3.63) is 46.8 Å². The van der Waals surface area contributed by atoms with Crippen molar-refractivity contribution in [1.29, 1.82) is 0 Å². The summed E-state index contributed by atoms with van der Waals surface area (Å²) in [6, 6.07) is 8.25. The maximum absolute atomic E-state index is 12.6. The molecule has 1 aromatic carbocycles. The van der Waals surface area contributed by atoms with Gasteiger partial charge in [-0.3, -0.25) is 4.79 Å². The summed E-state index contributed by atoms with van der Waals surface area (Å²) in [4.78, 5) is 25.6. The number of anilines is 1. The number of unbranched alkanes of at least 4 members (excludes halogenated alkanes) is 1. The first-order valence-corrected chi connectivity index (χ1v) is 11.6. The van der Waals surface area contributed by atoms with Gasteiger partial charge in [0.1, 0.15) is 0 Å². The zero-order valence-electron chi connectivity index (χ0n) is 19.3. The Morgan fingerprint density at radius 1 is 1.10 bits per heavy atom. The Labute approximate surface area is 188 Å². The van der Waals surface area contributed by atoms with Gasteiger partial charge in [0.15, 0.2) is 0 Å². The van der Waals surface area contributed by atoms with Crippen LogP contribution in [0.1, 0.15) is 42.3 Å². The van der Waals surface area contributed by atoms with Gasteiger partial charge in [0, 0.05) is 44.8 Å². The van der Waals surface area contributed by atoms with Crippen LogP contribution in [-0.2, 0) is 17.8 Å². The second-order valence-electron chi connectivity index (χ2n) is 8.07. The van der Waals surface area contributed by atoms with Crippen LogP contribution in [0.4, 0.5) is 5.69 Å². The third-order valence-corrected chi connectivity index (χ3v) is 6.26. The van der Waals surface area contributed by atoms with Crippen LogP contribution < -0.4 is 4.90 Å². The Bertz CT molecular complexity index is 1040. The van der Waals surface area contributed by atoms with Crippen LogP contribution in [0.3, 0.4) is 0 Å². The van der Waals surface area contributed by atoms with E-state index < -0.39 is 0 Å². The molecule has 0 saturated heterocycles. The first kappa shape index (κ1) is 23.1. The maximum Gasteiger partial charge on any atom is 0.253 e. The molecule has 31 heavy (non-hydrogen) atoms. The van der Waals surface area contributed by atoms with E-state index in [1.807, 2.05) is 28.1 Å². The molecule has 0 unspecified atom stereocenters. The van der Waals surface area contributed by atoms with Crippen LogP contribution in [0.2, 0.25) is 0 Å². The lowest BCUT2D eigenvalue weighted by Gasteiger charge is -2.18. The highest BCUT2D eigenvalue weighted by Gasteiger charge is 2.16. The minimum atomic E-state index is 0.0463. The average Bonchev–Trinajstić information content (AvgIpc) is 3.15.